The topological polar surface area (TPSA) is 20.7 Å². The normalized spacial score (nSPS) is 26.7. The average molecular weight is 272 g/mol. The minimum Gasteiger partial charge on any atom is -0.337 e. The predicted octanol–water partition coefficient (Wildman–Crippen LogP) is 4.82. The molecule has 1 saturated carbocycles. The summed E-state index contributed by atoms with van der Waals surface area (Å²) in [6.45, 7) is 4.70. The van der Waals surface area contributed by atoms with Crippen LogP contribution < -0.4 is 0 Å². The summed E-state index contributed by atoms with van der Waals surface area (Å²) in [4.78, 5) is 3.23. The van der Waals surface area contributed by atoms with E-state index in [9.17, 15) is 0 Å². The van der Waals surface area contributed by atoms with Crippen LogP contribution in [-0.2, 0) is 0 Å². The van der Waals surface area contributed by atoms with Gasteiger partial charge in [-0.3, -0.25) is 0 Å². The van der Waals surface area contributed by atoms with Gasteiger partial charge in [0.2, 0.25) is 0 Å². The molecule has 0 amide bonds. The highest BCUT2D eigenvalue weighted by Crippen LogP contribution is 2.41. The minimum absolute atomic E-state index is 0.531. The van der Waals surface area contributed by atoms with Crippen LogP contribution in [0.3, 0.4) is 0 Å². The molecule has 3 unspecified atom stereocenters. The molecule has 0 aliphatic heterocycles. The second kappa shape index (κ2) is 4.97. The van der Waals surface area contributed by atoms with Gasteiger partial charge in [0.1, 0.15) is 0 Å². The van der Waals surface area contributed by atoms with Crippen molar-refractivity contribution in [2.24, 2.45) is 11.8 Å². The Morgan fingerprint density at radius 3 is 2.53 bits per heavy atom. The summed E-state index contributed by atoms with van der Waals surface area (Å²) in [5, 5.41) is 0. The highest BCUT2D eigenvalue weighted by Gasteiger charge is 2.32. The summed E-state index contributed by atoms with van der Waals surface area (Å²) in [5.41, 5.74) is 2.46. The number of hydrogen-bond acceptors (Lipinski definition) is 1. The van der Waals surface area contributed by atoms with Crippen LogP contribution in [0.1, 0.15) is 32.7 Å². The highest BCUT2D eigenvalue weighted by atomic mass is 32.1. The van der Waals surface area contributed by atoms with E-state index < -0.39 is 0 Å². The monoisotopic (exact) mass is 272 g/mol. The van der Waals surface area contributed by atoms with Crippen molar-refractivity contribution in [3.05, 3.63) is 41.3 Å². The number of nitrogens with zero attached hydrogens (tertiary/aromatic N) is 1. The molecule has 0 bridgehead atoms. The minimum atomic E-state index is 0.531. The smallest absolute Gasteiger partial charge is 0.177 e. The third kappa shape index (κ3) is 2.16. The number of H-pyrrole nitrogens is 1. The first-order valence-corrected chi connectivity index (χ1v) is 7.44. The number of hydrogen-bond donors (Lipinski definition) is 1. The first-order valence-electron chi connectivity index (χ1n) is 7.04. The zero-order valence-electron chi connectivity index (χ0n) is 11.5. The number of aromatic nitrogens is 2. The van der Waals surface area contributed by atoms with Gasteiger partial charge in [0.05, 0.1) is 5.69 Å². The largest absolute Gasteiger partial charge is 0.337 e. The van der Waals surface area contributed by atoms with E-state index in [1.807, 2.05) is 6.20 Å². The Kier molecular flexibility index (Phi) is 3.31. The molecule has 1 aromatic heterocycles. The third-order valence-corrected chi connectivity index (χ3v) is 4.95. The summed E-state index contributed by atoms with van der Waals surface area (Å²) >= 11 is 5.51. The van der Waals surface area contributed by atoms with Gasteiger partial charge in [0.25, 0.3) is 0 Å². The maximum absolute atomic E-state index is 5.51. The van der Waals surface area contributed by atoms with Crippen LogP contribution in [0.5, 0.6) is 0 Å². The quantitative estimate of drug-likeness (QED) is 0.777. The van der Waals surface area contributed by atoms with E-state index in [4.69, 9.17) is 12.2 Å². The first kappa shape index (κ1) is 12.7. The van der Waals surface area contributed by atoms with E-state index in [0.717, 1.165) is 10.7 Å². The van der Waals surface area contributed by atoms with E-state index in [0.29, 0.717) is 12.0 Å². The third-order valence-electron chi connectivity index (χ3n) is 4.63. The molecule has 1 heterocycles. The van der Waals surface area contributed by atoms with Gasteiger partial charge >= 0.3 is 0 Å². The lowest BCUT2D eigenvalue weighted by atomic mass is 9.97. The molecule has 0 saturated heterocycles. The summed E-state index contributed by atoms with van der Waals surface area (Å²) in [6, 6.07) is 11.0. The lowest BCUT2D eigenvalue weighted by Gasteiger charge is -2.22. The van der Waals surface area contributed by atoms with E-state index in [1.165, 1.54) is 24.1 Å². The fourth-order valence-electron chi connectivity index (χ4n) is 3.24. The molecule has 0 spiro atoms. The van der Waals surface area contributed by atoms with Gasteiger partial charge in [-0.2, -0.15) is 0 Å². The van der Waals surface area contributed by atoms with Crippen molar-refractivity contribution in [2.45, 2.75) is 32.7 Å². The van der Waals surface area contributed by atoms with Crippen molar-refractivity contribution in [3.63, 3.8) is 0 Å². The van der Waals surface area contributed by atoms with Crippen LogP contribution in [0, 0.1) is 16.6 Å². The Hall–Kier alpha value is -1.35. The number of nitrogens with one attached hydrogen (secondary N) is 1. The predicted molar refractivity (Wildman–Crippen MR) is 81.7 cm³/mol. The Morgan fingerprint density at radius 2 is 1.89 bits per heavy atom. The Bertz CT molecular complexity index is 611. The molecule has 0 radical (unpaired) electrons. The Labute approximate surface area is 119 Å². The highest BCUT2D eigenvalue weighted by molar-refractivity contribution is 7.71. The molecule has 2 aromatic rings. The maximum atomic E-state index is 5.51. The maximum Gasteiger partial charge on any atom is 0.177 e. The molecule has 3 heteroatoms. The molecule has 100 valence electrons. The average Bonchev–Trinajstić information content (AvgIpc) is 2.95. The molecule has 1 aromatic carbocycles. The molecule has 1 N–H and O–H groups in total. The van der Waals surface area contributed by atoms with Gasteiger partial charge in [0, 0.05) is 12.2 Å². The number of imidazole rings is 1. The molecule has 3 rings (SSSR count). The number of aromatic amines is 1. The summed E-state index contributed by atoms with van der Waals surface area (Å²) < 4.78 is 3.18. The van der Waals surface area contributed by atoms with Gasteiger partial charge in [-0.15, -0.1) is 0 Å². The van der Waals surface area contributed by atoms with Crippen LogP contribution in [0.4, 0.5) is 0 Å². The zero-order valence-corrected chi connectivity index (χ0v) is 12.3. The lowest BCUT2D eigenvalue weighted by molar-refractivity contribution is 0.352. The molecule has 3 atom stereocenters. The van der Waals surface area contributed by atoms with Gasteiger partial charge in [0.15, 0.2) is 4.77 Å². The summed E-state index contributed by atoms with van der Waals surface area (Å²) in [5.74, 6) is 1.47. The van der Waals surface area contributed by atoms with Crippen molar-refractivity contribution in [1.29, 1.82) is 0 Å². The van der Waals surface area contributed by atoms with Crippen molar-refractivity contribution < 1.29 is 0 Å². The van der Waals surface area contributed by atoms with E-state index in [1.54, 1.807) is 0 Å². The van der Waals surface area contributed by atoms with Crippen LogP contribution in [-0.4, -0.2) is 9.55 Å². The van der Waals surface area contributed by atoms with Crippen LogP contribution in [0.15, 0.2) is 36.5 Å². The van der Waals surface area contributed by atoms with Gasteiger partial charge in [-0.25, -0.2) is 0 Å². The molecule has 1 aliphatic carbocycles. The number of rotatable bonds is 2. The molecule has 1 fully saturated rings. The van der Waals surface area contributed by atoms with Gasteiger partial charge in [-0.05, 0) is 42.5 Å². The molecule has 19 heavy (non-hydrogen) atoms. The van der Waals surface area contributed by atoms with Crippen LogP contribution in [0.2, 0.25) is 0 Å². The lowest BCUT2D eigenvalue weighted by Crippen LogP contribution is -2.15. The molecule has 2 nitrogen and oxygen atoms in total. The zero-order chi connectivity index (χ0) is 13.4. The first-order chi connectivity index (χ1) is 9.18. The fourth-order valence-corrected chi connectivity index (χ4v) is 3.53. The van der Waals surface area contributed by atoms with E-state index in [2.05, 4.69) is 53.7 Å². The van der Waals surface area contributed by atoms with Crippen LogP contribution in [0.25, 0.3) is 11.3 Å². The molecular weight excluding hydrogens is 252 g/mol. The second-order valence-electron chi connectivity index (χ2n) is 5.70. The van der Waals surface area contributed by atoms with Crippen molar-refractivity contribution >= 4 is 12.2 Å². The fraction of sp³-hybridized carbons (Fsp3) is 0.438. The Balaban J connectivity index is 2.08. The van der Waals surface area contributed by atoms with Gasteiger partial charge < -0.3 is 9.55 Å². The molecular formula is C16H20N2S. The van der Waals surface area contributed by atoms with Crippen molar-refractivity contribution in [3.8, 4) is 11.3 Å². The van der Waals surface area contributed by atoms with Crippen molar-refractivity contribution in [2.75, 3.05) is 0 Å². The summed E-state index contributed by atoms with van der Waals surface area (Å²) in [7, 11) is 0. The Morgan fingerprint density at radius 1 is 1.16 bits per heavy atom. The second-order valence-corrected chi connectivity index (χ2v) is 6.08. The number of benzene rings is 1. The standard InChI is InChI=1S/C16H20N2S/c1-11-8-9-14(12(11)2)18-15(10-17-16(18)19)13-6-4-3-5-7-13/h3-7,10-12,14H,8-9H2,1-2H3,(H,17,19). The summed E-state index contributed by atoms with van der Waals surface area (Å²) in [6.07, 6.45) is 4.58. The van der Waals surface area contributed by atoms with Crippen molar-refractivity contribution in [1.82, 2.24) is 9.55 Å². The van der Waals surface area contributed by atoms with E-state index in [-0.39, 0.29) is 0 Å². The van der Waals surface area contributed by atoms with E-state index >= 15 is 0 Å². The SMILES string of the molecule is CC1CCC(n2c(-c3ccccc3)c[nH]c2=S)C1C. The molecule has 1 aliphatic rings. The van der Waals surface area contributed by atoms with Crippen LogP contribution >= 0.6 is 12.2 Å². The van der Waals surface area contributed by atoms with Gasteiger partial charge in [-0.1, -0.05) is 44.2 Å².